The molecule has 0 atom stereocenters. The molecule has 0 bridgehead atoms. The predicted octanol–water partition coefficient (Wildman–Crippen LogP) is 0.711. The lowest BCUT2D eigenvalue weighted by molar-refractivity contribution is 0.129. The van der Waals surface area contributed by atoms with E-state index in [-0.39, 0.29) is 11.2 Å². The van der Waals surface area contributed by atoms with Crippen molar-refractivity contribution < 1.29 is 5.11 Å². The molecule has 0 spiro atoms. The molecule has 0 unspecified atom stereocenters. The minimum atomic E-state index is -0.285. The Hall–Kier alpha value is -1.33. The number of aromatic hydroxyl groups is 1. The van der Waals surface area contributed by atoms with E-state index in [1.165, 1.54) is 0 Å². The van der Waals surface area contributed by atoms with E-state index in [9.17, 15) is 9.90 Å². The first kappa shape index (κ1) is 14.1. The molecule has 1 aromatic heterocycles. The zero-order chi connectivity index (χ0) is 13.8. The second-order valence-corrected chi connectivity index (χ2v) is 5.01. The molecule has 1 fully saturated rings. The van der Waals surface area contributed by atoms with Gasteiger partial charge in [0.05, 0.1) is 6.20 Å². The van der Waals surface area contributed by atoms with E-state index in [2.05, 4.69) is 16.7 Å². The van der Waals surface area contributed by atoms with E-state index in [4.69, 9.17) is 0 Å². The number of likely N-dealkylation sites (N-methyl/N-ethyl adjacent to an activating group) is 1. The SMILES string of the molecule is CCN1CCN(Cc2cc(=O)c(O)cn2CC)CC1. The largest absolute Gasteiger partial charge is 0.503 e. The Labute approximate surface area is 114 Å². The standard InChI is InChI=1S/C14H23N3O2/c1-3-15-5-7-16(8-6-15)10-12-9-13(18)14(19)11-17(12)4-2/h9,11,19H,3-8,10H2,1-2H3. The van der Waals surface area contributed by atoms with Crippen molar-refractivity contribution in [3.05, 3.63) is 28.2 Å². The molecule has 1 aliphatic rings. The van der Waals surface area contributed by atoms with Crippen molar-refractivity contribution in [3.8, 4) is 5.75 Å². The van der Waals surface area contributed by atoms with Crippen LogP contribution in [0.15, 0.2) is 17.1 Å². The molecule has 19 heavy (non-hydrogen) atoms. The van der Waals surface area contributed by atoms with Gasteiger partial charge in [-0.15, -0.1) is 0 Å². The van der Waals surface area contributed by atoms with Gasteiger partial charge in [0, 0.05) is 51.0 Å². The molecule has 1 aliphatic heterocycles. The first-order valence-corrected chi connectivity index (χ1v) is 7.01. The highest BCUT2D eigenvalue weighted by Gasteiger charge is 2.17. The number of nitrogens with zero attached hydrogens (tertiary/aromatic N) is 3. The van der Waals surface area contributed by atoms with Gasteiger partial charge in [-0.1, -0.05) is 6.92 Å². The second kappa shape index (κ2) is 6.21. The zero-order valence-corrected chi connectivity index (χ0v) is 11.8. The van der Waals surface area contributed by atoms with Crippen LogP contribution in [0.1, 0.15) is 19.5 Å². The summed E-state index contributed by atoms with van der Waals surface area (Å²) in [5.41, 5.74) is 0.696. The molecule has 1 N–H and O–H groups in total. The average molecular weight is 265 g/mol. The van der Waals surface area contributed by atoms with Crippen LogP contribution in [-0.4, -0.2) is 52.2 Å². The first-order valence-electron chi connectivity index (χ1n) is 7.01. The van der Waals surface area contributed by atoms with Crippen LogP contribution in [0.4, 0.5) is 0 Å². The third-order valence-electron chi connectivity index (χ3n) is 3.84. The summed E-state index contributed by atoms with van der Waals surface area (Å²) in [4.78, 5) is 16.4. The van der Waals surface area contributed by atoms with Gasteiger partial charge < -0.3 is 14.6 Å². The summed E-state index contributed by atoms with van der Waals surface area (Å²) in [5.74, 6) is -0.165. The molecule has 5 heteroatoms. The van der Waals surface area contributed by atoms with E-state index in [1.807, 2.05) is 11.5 Å². The molecule has 0 amide bonds. The van der Waals surface area contributed by atoms with E-state index in [0.29, 0.717) is 0 Å². The molecule has 2 rings (SSSR count). The maximum absolute atomic E-state index is 11.6. The van der Waals surface area contributed by atoms with Gasteiger partial charge >= 0.3 is 0 Å². The number of aryl methyl sites for hydroxylation is 1. The molecule has 1 saturated heterocycles. The van der Waals surface area contributed by atoms with Crippen molar-refractivity contribution in [1.29, 1.82) is 0 Å². The van der Waals surface area contributed by atoms with E-state index >= 15 is 0 Å². The first-order chi connectivity index (χ1) is 9.13. The third kappa shape index (κ3) is 3.36. The molecule has 1 aromatic rings. The Morgan fingerprint density at radius 3 is 2.32 bits per heavy atom. The minimum absolute atomic E-state index is 0.165. The molecule has 2 heterocycles. The molecular formula is C14H23N3O2. The number of hydrogen-bond donors (Lipinski definition) is 1. The van der Waals surface area contributed by atoms with Crippen LogP contribution in [0.5, 0.6) is 5.75 Å². The maximum atomic E-state index is 11.6. The molecule has 0 aromatic carbocycles. The number of hydrogen-bond acceptors (Lipinski definition) is 4. The van der Waals surface area contributed by atoms with Gasteiger partial charge in [-0.05, 0) is 13.5 Å². The topological polar surface area (TPSA) is 48.7 Å². The highest BCUT2D eigenvalue weighted by molar-refractivity contribution is 5.20. The van der Waals surface area contributed by atoms with Crippen LogP contribution in [0, 0.1) is 0 Å². The summed E-state index contributed by atoms with van der Waals surface area (Å²) in [5, 5.41) is 9.47. The summed E-state index contributed by atoms with van der Waals surface area (Å²) in [6.07, 6.45) is 1.54. The molecule has 0 saturated carbocycles. The normalized spacial score (nSPS) is 17.8. The average Bonchev–Trinajstić information content (AvgIpc) is 2.43. The summed E-state index contributed by atoms with van der Waals surface area (Å²) in [6.45, 7) is 11.1. The predicted molar refractivity (Wildman–Crippen MR) is 75.4 cm³/mol. The zero-order valence-electron chi connectivity index (χ0n) is 11.8. The fraction of sp³-hybridized carbons (Fsp3) is 0.643. The monoisotopic (exact) mass is 265 g/mol. The van der Waals surface area contributed by atoms with E-state index < -0.39 is 0 Å². The molecule has 5 nitrogen and oxygen atoms in total. The fourth-order valence-electron chi connectivity index (χ4n) is 2.53. The molecule has 0 radical (unpaired) electrons. The van der Waals surface area contributed by atoms with Gasteiger partial charge in [-0.25, -0.2) is 0 Å². The van der Waals surface area contributed by atoms with E-state index in [0.717, 1.165) is 51.5 Å². The fourth-order valence-corrected chi connectivity index (χ4v) is 2.53. The Morgan fingerprint density at radius 2 is 1.74 bits per heavy atom. The van der Waals surface area contributed by atoms with Crippen molar-refractivity contribution in [2.75, 3.05) is 32.7 Å². The van der Waals surface area contributed by atoms with E-state index in [1.54, 1.807) is 12.3 Å². The van der Waals surface area contributed by atoms with Crippen molar-refractivity contribution >= 4 is 0 Å². The van der Waals surface area contributed by atoms with Crippen LogP contribution in [0.25, 0.3) is 0 Å². The van der Waals surface area contributed by atoms with Crippen LogP contribution in [-0.2, 0) is 13.1 Å². The summed E-state index contributed by atoms with van der Waals surface area (Å²) < 4.78 is 1.95. The Balaban J connectivity index is 2.07. The quantitative estimate of drug-likeness (QED) is 0.871. The number of piperazine rings is 1. The van der Waals surface area contributed by atoms with Crippen LogP contribution >= 0.6 is 0 Å². The molecular weight excluding hydrogens is 242 g/mol. The lowest BCUT2D eigenvalue weighted by Gasteiger charge is -2.34. The van der Waals surface area contributed by atoms with Gasteiger partial charge in [0.25, 0.3) is 0 Å². The minimum Gasteiger partial charge on any atom is -0.503 e. The maximum Gasteiger partial charge on any atom is 0.223 e. The Bertz CT molecular complexity index is 476. The summed E-state index contributed by atoms with van der Waals surface area (Å²) in [7, 11) is 0. The van der Waals surface area contributed by atoms with Crippen molar-refractivity contribution in [2.45, 2.75) is 26.9 Å². The smallest absolute Gasteiger partial charge is 0.223 e. The van der Waals surface area contributed by atoms with Crippen LogP contribution in [0.3, 0.4) is 0 Å². The summed E-state index contributed by atoms with van der Waals surface area (Å²) in [6, 6.07) is 1.56. The molecule has 106 valence electrons. The van der Waals surface area contributed by atoms with Gasteiger partial charge in [-0.3, -0.25) is 9.69 Å². The Kier molecular flexibility index (Phi) is 4.61. The highest BCUT2D eigenvalue weighted by Crippen LogP contribution is 2.10. The van der Waals surface area contributed by atoms with Gasteiger partial charge in [0.2, 0.25) is 5.43 Å². The second-order valence-electron chi connectivity index (χ2n) is 5.01. The Morgan fingerprint density at radius 1 is 1.11 bits per heavy atom. The van der Waals surface area contributed by atoms with Gasteiger partial charge in [0.1, 0.15) is 0 Å². The van der Waals surface area contributed by atoms with Crippen LogP contribution in [0.2, 0.25) is 0 Å². The van der Waals surface area contributed by atoms with Gasteiger partial charge in [0.15, 0.2) is 5.75 Å². The van der Waals surface area contributed by atoms with Crippen molar-refractivity contribution in [2.24, 2.45) is 0 Å². The van der Waals surface area contributed by atoms with Crippen molar-refractivity contribution in [1.82, 2.24) is 14.4 Å². The summed E-state index contributed by atoms with van der Waals surface area (Å²) >= 11 is 0. The molecule has 0 aliphatic carbocycles. The number of pyridine rings is 1. The highest BCUT2D eigenvalue weighted by atomic mass is 16.3. The van der Waals surface area contributed by atoms with Crippen molar-refractivity contribution in [3.63, 3.8) is 0 Å². The lowest BCUT2D eigenvalue weighted by Crippen LogP contribution is -2.46. The van der Waals surface area contributed by atoms with Gasteiger partial charge in [-0.2, -0.15) is 0 Å². The number of rotatable bonds is 4. The number of aromatic nitrogens is 1. The lowest BCUT2D eigenvalue weighted by atomic mass is 10.2. The van der Waals surface area contributed by atoms with Crippen LogP contribution < -0.4 is 5.43 Å². The third-order valence-corrected chi connectivity index (χ3v) is 3.84.